The number of nitrogens with zero attached hydrogens (tertiary/aromatic N) is 3. The van der Waals surface area contributed by atoms with Crippen LogP contribution in [-0.4, -0.2) is 46.2 Å². The van der Waals surface area contributed by atoms with Crippen LogP contribution in [0.4, 0.5) is 0 Å². The van der Waals surface area contributed by atoms with Crippen LogP contribution in [0.3, 0.4) is 0 Å². The molecule has 2 heterocycles. The molecule has 0 radical (unpaired) electrons. The second-order valence-electron chi connectivity index (χ2n) is 9.62. The van der Waals surface area contributed by atoms with Gasteiger partial charge in [0.25, 0.3) is 0 Å². The van der Waals surface area contributed by atoms with Crippen molar-refractivity contribution in [1.82, 2.24) is 20.1 Å². The number of thioether (sulfide) groups is 1. The number of hydrogen-bond acceptors (Lipinski definition) is 6. The van der Waals surface area contributed by atoms with Crippen molar-refractivity contribution >= 4 is 17.7 Å². The van der Waals surface area contributed by atoms with Crippen molar-refractivity contribution in [2.45, 2.75) is 68.3 Å². The predicted molar refractivity (Wildman–Crippen MR) is 140 cm³/mol. The molecule has 2 fully saturated rings. The first kappa shape index (κ1) is 24.8. The maximum atomic E-state index is 13.7. The van der Waals surface area contributed by atoms with E-state index < -0.39 is 5.41 Å². The molecule has 1 atom stereocenters. The zero-order valence-corrected chi connectivity index (χ0v) is 21.6. The van der Waals surface area contributed by atoms with Gasteiger partial charge < -0.3 is 19.4 Å². The molecule has 1 aliphatic heterocycles. The Morgan fingerprint density at radius 3 is 2.58 bits per heavy atom. The average molecular weight is 507 g/mol. The maximum absolute atomic E-state index is 13.7. The first-order valence-electron chi connectivity index (χ1n) is 12.8. The van der Waals surface area contributed by atoms with Gasteiger partial charge in [0.2, 0.25) is 5.91 Å². The third-order valence-corrected chi connectivity index (χ3v) is 8.44. The van der Waals surface area contributed by atoms with Gasteiger partial charge in [-0.05, 0) is 48.9 Å². The van der Waals surface area contributed by atoms with E-state index in [9.17, 15) is 4.79 Å². The highest BCUT2D eigenvalue weighted by Gasteiger charge is 2.42. The molecule has 5 rings (SSSR count). The fraction of sp³-hybridized carbons (Fsp3) is 0.464. The Morgan fingerprint density at radius 2 is 1.89 bits per heavy atom. The van der Waals surface area contributed by atoms with Gasteiger partial charge in [0.05, 0.1) is 31.7 Å². The molecule has 1 saturated carbocycles. The summed E-state index contributed by atoms with van der Waals surface area (Å²) in [5.74, 6) is 2.49. The maximum Gasteiger partial charge on any atom is 0.231 e. The number of rotatable bonds is 10. The number of carbonyl (C=O) groups is 1. The van der Waals surface area contributed by atoms with Gasteiger partial charge in [0.15, 0.2) is 11.0 Å². The summed E-state index contributed by atoms with van der Waals surface area (Å²) in [6, 6.07) is 18.3. The lowest BCUT2D eigenvalue weighted by molar-refractivity contribution is -0.126. The van der Waals surface area contributed by atoms with Crippen LogP contribution in [0, 0.1) is 0 Å². The normalized spacial score (nSPS) is 18.9. The molecule has 36 heavy (non-hydrogen) atoms. The molecule has 1 aromatic heterocycles. The zero-order chi connectivity index (χ0) is 24.8. The average Bonchev–Trinajstić information content (AvgIpc) is 3.69. The van der Waals surface area contributed by atoms with Gasteiger partial charge in [-0.25, -0.2) is 0 Å². The molecular formula is C28H34N4O3S. The molecule has 0 unspecified atom stereocenters. The number of ether oxygens (including phenoxy) is 2. The Bertz CT molecular complexity index is 1140. The molecule has 1 aliphatic carbocycles. The fourth-order valence-electron chi connectivity index (χ4n) is 5.29. The second-order valence-corrected chi connectivity index (χ2v) is 10.6. The van der Waals surface area contributed by atoms with Crippen molar-refractivity contribution in [2.75, 3.05) is 19.5 Å². The van der Waals surface area contributed by atoms with Crippen molar-refractivity contribution in [1.29, 1.82) is 0 Å². The fourth-order valence-corrected chi connectivity index (χ4v) is 6.31. The zero-order valence-electron chi connectivity index (χ0n) is 20.8. The van der Waals surface area contributed by atoms with E-state index in [1.54, 1.807) is 18.9 Å². The lowest BCUT2D eigenvalue weighted by Crippen LogP contribution is -2.42. The van der Waals surface area contributed by atoms with Crippen LogP contribution in [-0.2, 0) is 28.0 Å². The lowest BCUT2D eigenvalue weighted by Gasteiger charge is -2.28. The van der Waals surface area contributed by atoms with Crippen LogP contribution in [0.15, 0.2) is 59.8 Å². The number of carbonyl (C=O) groups excluding carboxylic acids is 1. The van der Waals surface area contributed by atoms with E-state index in [0.29, 0.717) is 13.1 Å². The van der Waals surface area contributed by atoms with Crippen molar-refractivity contribution < 1.29 is 14.3 Å². The van der Waals surface area contributed by atoms with Gasteiger partial charge in [-0.1, -0.05) is 67.1 Å². The molecular weight excluding hydrogens is 472 g/mol. The molecule has 2 aliphatic rings. The highest BCUT2D eigenvalue weighted by atomic mass is 32.2. The molecule has 1 saturated heterocycles. The SMILES string of the molecule is COc1ccc(C2(C(=O)NCc3nnc(SC[C@H]4CCCO4)n3Cc3ccccc3)CCCC2)cc1. The second kappa shape index (κ2) is 11.5. The van der Waals surface area contributed by atoms with Gasteiger partial charge in [0.1, 0.15) is 5.75 Å². The van der Waals surface area contributed by atoms with E-state index in [4.69, 9.17) is 9.47 Å². The topological polar surface area (TPSA) is 78.3 Å². The molecule has 0 spiro atoms. The molecule has 2 aromatic carbocycles. The van der Waals surface area contributed by atoms with Crippen LogP contribution in [0.25, 0.3) is 0 Å². The van der Waals surface area contributed by atoms with Crippen molar-refractivity contribution in [2.24, 2.45) is 0 Å². The van der Waals surface area contributed by atoms with Crippen LogP contribution in [0.1, 0.15) is 55.5 Å². The van der Waals surface area contributed by atoms with Crippen molar-refractivity contribution in [3.05, 3.63) is 71.5 Å². The Labute approximate surface area is 217 Å². The summed E-state index contributed by atoms with van der Waals surface area (Å²) in [7, 11) is 1.66. The molecule has 8 heteroatoms. The van der Waals surface area contributed by atoms with E-state index in [-0.39, 0.29) is 12.0 Å². The minimum Gasteiger partial charge on any atom is -0.497 e. The highest BCUT2D eigenvalue weighted by molar-refractivity contribution is 7.99. The van der Waals surface area contributed by atoms with Crippen molar-refractivity contribution in [3.63, 3.8) is 0 Å². The summed E-state index contributed by atoms with van der Waals surface area (Å²) < 4.78 is 13.2. The first-order valence-corrected chi connectivity index (χ1v) is 13.8. The molecule has 3 aromatic rings. The third kappa shape index (κ3) is 5.44. The Kier molecular flexibility index (Phi) is 7.92. The van der Waals surface area contributed by atoms with Crippen molar-refractivity contribution in [3.8, 4) is 5.75 Å². The smallest absolute Gasteiger partial charge is 0.231 e. The summed E-state index contributed by atoms with van der Waals surface area (Å²) in [6.07, 6.45) is 6.29. The molecule has 0 bridgehead atoms. The standard InChI is InChI=1S/C28H34N4O3S/c1-34-23-13-11-22(12-14-23)28(15-5-6-16-28)26(33)29-18-25-30-31-27(36-20-24-10-7-17-35-24)32(25)19-21-8-3-2-4-9-21/h2-4,8-9,11-14,24H,5-7,10,15-20H2,1H3,(H,29,33)/t24-/m1/s1. The molecule has 1 amide bonds. The Balaban J connectivity index is 1.33. The third-order valence-electron chi connectivity index (χ3n) is 7.34. The number of nitrogens with one attached hydrogen (secondary N) is 1. The summed E-state index contributed by atoms with van der Waals surface area (Å²) >= 11 is 1.68. The lowest BCUT2D eigenvalue weighted by atomic mass is 9.78. The minimum atomic E-state index is -0.506. The Hall–Kier alpha value is -2.84. The number of methoxy groups -OCH3 is 1. The molecule has 1 N–H and O–H groups in total. The molecule has 190 valence electrons. The Morgan fingerprint density at radius 1 is 1.11 bits per heavy atom. The number of aromatic nitrogens is 3. The van der Waals surface area contributed by atoms with E-state index in [2.05, 4.69) is 32.2 Å². The largest absolute Gasteiger partial charge is 0.497 e. The van der Waals surface area contributed by atoms with Crippen LogP contribution in [0.2, 0.25) is 0 Å². The monoisotopic (exact) mass is 506 g/mol. The molecule has 7 nitrogen and oxygen atoms in total. The van der Waals surface area contributed by atoms with E-state index in [1.165, 1.54) is 5.56 Å². The van der Waals surface area contributed by atoms with Crippen LogP contribution < -0.4 is 10.1 Å². The van der Waals surface area contributed by atoms with Gasteiger partial charge in [-0.3, -0.25) is 4.79 Å². The minimum absolute atomic E-state index is 0.0630. The van der Waals surface area contributed by atoms with E-state index >= 15 is 0 Å². The van der Waals surface area contributed by atoms with Crippen LogP contribution >= 0.6 is 11.8 Å². The summed E-state index contributed by atoms with van der Waals surface area (Å²) in [6.45, 7) is 1.85. The van der Waals surface area contributed by atoms with Gasteiger partial charge in [-0.2, -0.15) is 0 Å². The van der Waals surface area contributed by atoms with E-state index in [1.807, 2.05) is 42.5 Å². The highest BCUT2D eigenvalue weighted by Crippen LogP contribution is 2.42. The van der Waals surface area contributed by atoms with Gasteiger partial charge in [-0.15, -0.1) is 10.2 Å². The summed E-state index contributed by atoms with van der Waals surface area (Å²) in [4.78, 5) is 13.7. The van der Waals surface area contributed by atoms with Gasteiger partial charge >= 0.3 is 0 Å². The first-order chi connectivity index (χ1) is 17.7. The van der Waals surface area contributed by atoms with Crippen LogP contribution in [0.5, 0.6) is 5.75 Å². The van der Waals surface area contributed by atoms with Gasteiger partial charge in [0, 0.05) is 12.4 Å². The quantitative estimate of drug-likeness (QED) is 0.401. The predicted octanol–water partition coefficient (Wildman–Crippen LogP) is 4.73. The summed E-state index contributed by atoms with van der Waals surface area (Å²) in [5.41, 5.74) is 1.72. The number of amides is 1. The van der Waals surface area contributed by atoms with E-state index in [0.717, 1.165) is 73.2 Å². The number of hydrogen-bond donors (Lipinski definition) is 1. The number of benzene rings is 2. The summed E-state index contributed by atoms with van der Waals surface area (Å²) in [5, 5.41) is 13.1.